The first-order valence-corrected chi connectivity index (χ1v) is 8.94. The first-order chi connectivity index (χ1) is 10.7. The molecule has 0 spiro atoms. The molecule has 1 aromatic rings. The van der Waals surface area contributed by atoms with Crippen LogP contribution in [0.15, 0.2) is 24.3 Å². The Kier molecular flexibility index (Phi) is 2.61. The number of hydrogen-bond donors (Lipinski definition) is 0. The highest BCUT2D eigenvalue weighted by Crippen LogP contribution is 2.65. The molecule has 3 aliphatic carbocycles. The topological polar surface area (TPSA) is 26.3 Å². The van der Waals surface area contributed by atoms with Crippen molar-refractivity contribution in [1.82, 2.24) is 0 Å². The van der Waals surface area contributed by atoms with Gasteiger partial charge in [0.25, 0.3) is 0 Å². The number of fused-ring (bicyclic) bond motifs is 7. The highest BCUT2D eigenvalue weighted by molar-refractivity contribution is 5.72. The number of hydrogen-bond acceptors (Lipinski definition) is 2. The molecule has 0 aromatic heterocycles. The van der Waals surface area contributed by atoms with Crippen LogP contribution in [0.2, 0.25) is 0 Å². The lowest BCUT2D eigenvalue weighted by atomic mass is 9.54. The number of aryl methyl sites for hydroxylation is 1. The Bertz CT molecular complexity index is 636. The van der Waals surface area contributed by atoms with Crippen molar-refractivity contribution in [3.63, 3.8) is 0 Å². The Balaban J connectivity index is 1.51. The maximum atomic E-state index is 11.7. The average Bonchev–Trinajstić information content (AvgIpc) is 3.02. The van der Waals surface area contributed by atoms with E-state index in [4.69, 9.17) is 4.74 Å². The van der Waals surface area contributed by atoms with Crippen LogP contribution < -0.4 is 0 Å². The summed E-state index contributed by atoms with van der Waals surface area (Å²) >= 11 is 0. The highest BCUT2D eigenvalue weighted by atomic mass is 16.6. The van der Waals surface area contributed by atoms with Crippen LogP contribution >= 0.6 is 0 Å². The zero-order valence-electron chi connectivity index (χ0n) is 13.3. The summed E-state index contributed by atoms with van der Waals surface area (Å²) in [7, 11) is 0. The van der Waals surface area contributed by atoms with E-state index in [2.05, 4.69) is 31.2 Å². The minimum absolute atomic E-state index is 0.0470. The molecular weight excluding hydrogens is 272 g/mol. The van der Waals surface area contributed by atoms with Crippen molar-refractivity contribution in [1.29, 1.82) is 0 Å². The van der Waals surface area contributed by atoms with Gasteiger partial charge in [-0.05, 0) is 66.4 Å². The molecule has 2 heteroatoms. The smallest absolute Gasteiger partial charge is 0.306 e. The summed E-state index contributed by atoms with van der Waals surface area (Å²) in [5, 5.41) is 0. The van der Waals surface area contributed by atoms with E-state index in [1.54, 1.807) is 11.1 Å². The van der Waals surface area contributed by atoms with Gasteiger partial charge in [0.15, 0.2) is 0 Å². The number of ether oxygens (including phenoxy) is 1. The second kappa shape index (κ2) is 4.37. The van der Waals surface area contributed by atoms with E-state index >= 15 is 0 Å². The Hall–Kier alpha value is -1.31. The average molecular weight is 296 g/mol. The summed E-state index contributed by atoms with van der Waals surface area (Å²) in [6, 6.07) is 9.08. The predicted octanol–water partition coefficient (Wildman–Crippen LogP) is 4.08. The molecule has 1 aliphatic heterocycles. The van der Waals surface area contributed by atoms with Crippen molar-refractivity contribution in [3.8, 4) is 0 Å². The molecule has 1 heterocycles. The van der Waals surface area contributed by atoms with Gasteiger partial charge in [0.2, 0.25) is 0 Å². The summed E-state index contributed by atoms with van der Waals surface area (Å²) in [5.74, 6) is 2.84. The van der Waals surface area contributed by atoms with Crippen molar-refractivity contribution < 1.29 is 9.53 Å². The molecule has 116 valence electrons. The van der Waals surface area contributed by atoms with E-state index in [9.17, 15) is 4.79 Å². The molecule has 1 aromatic carbocycles. The monoisotopic (exact) mass is 296 g/mol. The van der Waals surface area contributed by atoms with Crippen molar-refractivity contribution in [2.75, 3.05) is 0 Å². The second-order valence-electron chi connectivity index (χ2n) is 8.23. The van der Waals surface area contributed by atoms with Gasteiger partial charge in [0.1, 0.15) is 6.10 Å². The van der Waals surface area contributed by atoms with Gasteiger partial charge in [0, 0.05) is 5.92 Å². The van der Waals surface area contributed by atoms with Crippen LogP contribution in [0, 0.1) is 23.2 Å². The molecule has 1 unspecified atom stereocenters. The van der Waals surface area contributed by atoms with Crippen LogP contribution in [0.4, 0.5) is 0 Å². The van der Waals surface area contributed by atoms with E-state index in [-0.39, 0.29) is 12.1 Å². The summed E-state index contributed by atoms with van der Waals surface area (Å²) in [6.45, 7) is 2.46. The molecule has 0 amide bonds. The van der Waals surface area contributed by atoms with Crippen LogP contribution in [-0.2, 0) is 16.0 Å². The third kappa shape index (κ3) is 1.59. The molecule has 0 bridgehead atoms. The minimum atomic E-state index is 0.0470. The summed E-state index contributed by atoms with van der Waals surface area (Å²) in [6.07, 6.45) is 7.14. The van der Waals surface area contributed by atoms with Gasteiger partial charge < -0.3 is 4.74 Å². The van der Waals surface area contributed by atoms with Crippen LogP contribution in [0.3, 0.4) is 0 Å². The highest BCUT2D eigenvalue weighted by Gasteiger charge is 2.61. The lowest BCUT2D eigenvalue weighted by molar-refractivity contribution is -0.142. The second-order valence-corrected chi connectivity index (χ2v) is 8.23. The number of carbonyl (C=O) groups excluding carboxylic acids is 1. The predicted molar refractivity (Wildman–Crippen MR) is 84.4 cm³/mol. The van der Waals surface area contributed by atoms with Crippen LogP contribution in [-0.4, -0.2) is 12.1 Å². The summed E-state index contributed by atoms with van der Waals surface area (Å²) in [4.78, 5) is 11.7. The zero-order chi connectivity index (χ0) is 14.9. The van der Waals surface area contributed by atoms with Crippen molar-refractivity contribution >= 4 is 5.97 Å². The zero-order valence-corrected chi connectivity index (χ0v) is 13.3. The van der Waals surface area contributed by atoms with E-state index in [0.29, 0.717) is 17.8 Å². The maximum absolute atomic E-state index is 11.7. The van der Waals surface area contributed by atoms with E-state index < -0.39 is 0 Å². The van der Waals surface area contributed by atoms with Gasteiger partial charge in [-0.25, -0.2) is 0 Å². The van der Waals surface area contributed by atoms with Crippen LogP contribution in [0.1, 0.15) is 56.1 Å². The third-order valence-corrected chi connectivity index (χ3v) is 7.53. The van der Waals surface area contributed by atoms with Gasteiger partial charge in [-0.3, -0.25) is 4.79 Å². The molecule has 0 N–H and O–H groups in total. The Morgan fingerprint density at radius 1 is 1.18 bits per heavy atom. The SMILES string of the molecule is C[C@]12CC[C@@H]3c4ccccc4CC[C@H]3[C@@H]1CC1OC(=O)C[C@@H]12. The Morgan fingerprint density at radius 2 is 2.05 bits per heavy atom. The maximum Gasteiger partial charge on any atom is 0.306 e. The fourth-order valence-corrected chi connectivity index (χ4v) is 6.50. The Labute approximate surface area is 132 Å². The van der Waals surface area contributed by atoms with E-state index in [1.807, 2.05) is 0 Å². The minimum Gasteiger partial charge on any atom is -0.462 e. The molecule has 1 saturated heterocycles. The molecule has 0 radical (unpaired) electrons. The molecular formula is C20H24O2. The van der Waals surface area contributed by atoms with Crippen molar-refractivity contribution in [3.05, 3.63) is 35.4 Å². The molecule has 22 heavy (non-hydrogen) atoms. The summed E-state index contributed by atoms with van der Waals surface area (Å²) < 4.78 is 5.65. The van der Waals surface area contributed by atoms with Crippen LogP contribution in [0.25, 0.3) is 0 Å². The molecule has 4 aliphatic rings. The first kappa shape index (κ1) is 13.2. The summed E-state index contributed by atoms with van der Waals surface area (Å²) in [5.41, 5.74) is 3.54. The van der Waals surface area contributed by atoms with Gasteiger partial charge in [-0.15, -0.1) is 0 Å². The van der Waals surface area contributed by atoms with Crippen LogP contribution in [0.5, 0.6) is 0 Å². The molecule has 5 rings (SSSR count). The van der Waals surface area contributed by atoms with E-state index in [1.165, 1.54) is 25.7 Å². The lowest BCUT2D eigenvalue weighted by Crippen LogP contribution is -2.42. The number of benzene rings is 1. The molecule has 6 atom stereocenters. The van der Waals surface area contributed by atoms with Gasteiger partial charge in [0.05, 0.1) is 6.42 Å². The quantitative estimate of drug-likeness (QED) is 0.674. The first-order valence-electron chi connectivity index (χ1n) is 8.94. The van der Waals surface area contributed by atoms with E-state index in [0.717, 1.165) is 24.2 Å². The van der Waals surface area contributed by atoms with Gasteiger partial charge >= 0.3 is 5.97 Å². The largest absolute Gasteiger partial charge is 0.462 e. The van der Waals surface area contributed by atoms with Crippen molar-refractivity contribution in [2.45, 2.75) is 57.5 Å². The van der Waals surface area contributed by atoms with Gasteiger partial charge in [-0.1, -0.05) is 31.2 Å². The fourth-order valence-electron chi connectivity index (χ4n) is 6.50. The lowest BCUT2D eigenvalue weighted by Gasteiger charge is -2.50. The van der Waals surface area contributed by atoms with Gasteiger partial charge in [-0.2, -0.15) is 0 Å². The number of carbonyl (C=O) groups is 1. The molecule has 2 nitrogen and oxygen atoms in total. The normalized spacial score (nSPS) is 45.5. The number of rotatable bonds is 0. The Morgan fingerprint density at radius 3 is 2.95 bits per heavy atom. The standard InChI is InChI=1S/C20H24O2/c1-20-9-8-14-13-5-3-2-4-12(13)6-7-15(14)16(20)10-18-17(20)11-19(21)22-18/h2-5,14-18H,6-11H2,1H3/t14-,15-,16+,17+,18?,20+/m1/s1. The molecule has 3 fully saturated rings. The fraction of sp³-hybridized carbons (Fsp3) is 0.650. The number of esters is 1. The third-order valence-electron chi connectivity index (χ3n) is 7.53. The van der Waals surface area contributed by atoms with Crippen molar-refractivity contribution in [2.24, 2.45) is 23.2 Å². The molecule has 2 saturated carbocycles.